The third kappa shape index (κ3) is 4.72. The Balaban J connectivity index is 3.03. The highest BCUT2D eigenvalue weighted by Crippen LogP contribution is 2.22. The van der Waals surface area contributed by atoms with Crippen molar-refractivity contribution in [2.75, 3.05) is 12.3 Å². The molecule has 0 aliphatic heterocycles. The maximum Gasteiger partial charge on any atom is 0.335 e. The van der Waals surface area contributed by atoms with Gasteiger partial charge in [-0.3, -0.25) is 0 Å². The number of rotatable bonds is 6. The van der Waals surface area contributed by atoms with Crippen molar-refractivity contribution in [3.8, 4) is 0 Å². The molecule has 8 nitrogen and oxygen atoms in total. The van der Waals surface area contributed by atoms with Crippen molar-refractivity contribution in [2.24, 2.45) is 5.14 Å². The fourth-order valence-corrected chi connectivity index (χ4v) is 3.31. The van der Waals surface area contributed by atoms with Crippen LogP contribution in [0.15, 0.2) is 23.1 Å². The molecule has 1 aromatic rings. The van der Waals surface area contributed by atoms with E-state index in [2.05, 4.69) is 0 Å². The lowest BCUT2D eigenvalue weighted by Crippen LogP contribution is -2.31. The second-order valence-corrected chi connectivity index (χ2v) is 7.59. The quantitative estimate of drug-likeness (QED) is 0.642. The molecule has 112 valence electrons. The topological polar surface area (TPSA) is 144 Å². The molecule has 0 fully saturated rings. The lowest BCUT2D eigenvalue weighted by atomic mass is 10.2. The summed E-state index contributed by atoms with van der Waals surface area (Å²) in [6.07, 6.45) is 0. The molecule has 0 radical (unpaired) electrons. The predicted molar refractivity (Wildman–Crippen MR) is 71.6 cm³/mol. The molecular weight excluding hydrogens is 332 g/mol. The van der Waals surface area contributed by atoms with Gasteiger partial charge in [-0.25, -0.2) is 31.5 Å². The van der Waals surface area contributed by atoms with Crippen molar-refractivity contribution >= 4 is 37.6 Å². The molecule has 0 bridgehead atoms. The van der Waals surface area contributed by atoms with E-state index in [-0.39, 0.29) is 10.6 Å². The maximum absolute atomic E-state index is 11.9. The first-order valence-electron chi connectivity index (χ1n) is 5.06. The van der Waals surface area contributed by atoms with Gasteiger partial charge in [0, 0.05) is 6.54 Å². The fraction of sp³-hybridized carbons (Fsp3) is 0.222. The number of nitrogens with one attached hydrogen (secondary N) is 1. The number of carboxylic acid groups (broad SMARTS) is 1. The molecule has 0 amide bonds. The summed E-state index contributed by atoms with van der Waals surface area (Å²) in [5, 5.41) is 13.3. The smallest absolute Gasteiger partial charge is 0.335 e. The van der Waals surface area contributed by atoms with Crippen LogP contribution < -0.4 is 9.86 Å². The highest BCUT2D eigenvalue weighted by molar-refractivity contribution is 7.90. The SMILES string of the molecule is NS(=O)(=O)CCNS(=O)(=O)c1cc(C(=O)O)ccc1Cl. The first-order chi connectivity index (χ1) is 9.03. The van der Waals surface area contributed by atoms with Crippen molar-refractivity contribution in [1.82, 2.24) is 4.72 Å². The number of hydrogen-bond acceptors (Lipinski definition) is 5. The Bertz CT molecular complexity index is 729. The highest BCUT2D eigenvalue weighted by atomic mass is 35.5. The zero-order valence-electron chi connectivity index (χ0n) is 9.91. The van der Waals surface area contributed by atoms with Gasteiger partial charge in [0.2, 0.25) is 20.0 Å². The van der Waals surface area contributed by atoms with E-state index >= 15 is 0 Å². The van der Waals surface area contributed by atoms with Crippen molar-refractivity contribution < 1.29 is 26.7 Å². The van der Waals surface area contributed by atoms with Crippen molar-refractivity contribution in [1.29, 1.82) is 0 Å². The lowest BCUT2D eigenvalue weighted by molar-refractivity contribution is 0.0696. The molecule has 0 saturated carbocycles. The third-order valence-electron chi connectivity index (χ3n) is 2.15. The molecule has 0 heterocycles. The number of aromatic carboxylic acids is 1. The normalized spacial score (nSPS) is 12.3. The summed E-state index contributed by atoms with van der Waals surface area (Å²) in [6.45, 7) is -0.450. The van der Waals surface area contributed by atoms with Gasteiger partial charge in [0.1, 0.15) is 4.90 Å². The number of carbonyl (C=O) groups is 1. The van der Waals surface area contributed by atoms with E-state index in [1.54, 1.807) is 0 Å². The van der Waals surface area contributed by atoms with Gasteiger partial charge in [0.05, 0.1) is 16.3 Å². The summed E-state index contributed by atoms with van der Waals surface area (Å²) in [5.74, 6) is -1.91. The van der Waals surface area contributed by atoms with Gasteiger partial charge in [0.15, 0.2) is 0 Å². The minimum absolute atomic E-state index is 0.182. The molecule has 11 heteroatoms. The number of sulfonamides is 2. The molecule has 20 heavy (non-hydrogen) atoms. The van der Waals surface area contributed by atoms with Crippen LogP contribution in [0.5, 0.6) is 0 Å². The first kappa shape index (κ1) is 16.9. The molecule has 0 aliphatic rings. The zero-order valence-corrected chi connectivity index (χ0v) is 12.3. The van der Waals surface area contributed by atoms with Gasteiger partial charge < -0.3 is 5.11 Å². The van der Waals surface area contributed by atoms with E-state index in [9.17, 15) is 21.6 Å². The van der Waals surface area contributed by atoms with Crippen LogP contribution >= 0.6 is 11.6 Å². The molecular formula is C9H11ClN2O6S2. The van der Waals surface area contributed by atoms with Crippen molar-refractivity contribution in [3.05, 3.63) is 28.8 Å². The number of nitrogens with two attached hydrogens (primary N) is 1. The van der Waals surface area contributed by atoms with Gasteiger partial charge in [-0.2, -0.15) is 0 Å². The van der Waals surface area contributed by atoms with Crippen LogP contribution in [-0.4, -0.2) is 40.2 Å². The molecule has 0 unspecified atom stereocenters. The van der Waals surface area contributed by atoms with Gasteiger partial charge in [-0.15, -0.1) is 0 Å². The molecule has 1 rings (SSSR count). The molecule has 4 N–H and O–H groups in total. The largest absolute Gasteiger partial charge is 0.478 e. The summed E-state index contributed by atoms with van der Waals surface area (Å²) in [6, 6.07) is 3.15. The van der Waals surface area contributed by atoms with E-state index < -0.39 is 43.2 Å². The van der Waals surface area contributed by atoms with Crippen LogP contribution in [0.3, 0.4) is 0 Å². The Morgan fingerprint density at radius 1 is 1.30 bits per heavy atom. The monoisotopic (exact) mass is 342 g/mol. The van der Waals surface area contributed by atoms with Crippen molar-refractivity contribution in [2.45, 2.75) is 4.90 Å². The molecule has 0 aromatic heterocycles. The fourth-order valence-electron chi connectivity index (χ4n) is 1.24. The van der Waals surface area contributed by atoms with Crippen LogP contribution in [0.4, 0.5) is 0 Å². The van der Waals surface area contributed by atoms with Crippen LogP contribution in [0, 0.1) is 0 Å². The minimum Gasteiger partial charge on any atom is -0.478 e. The summed E-state index contributed by atoms with van der Waals surface area (Å²) >= 11 is 5.70. The number of hydrogen-bond donors (Lipinski definition) is 3. The Morgan fingerprint density at radius 3 is 2.40 bits per heavy atom. The Morgan fingerprint density at radius 2 is 1.90 bits per heavy atom. The van der Waals surface area contributed by atoms with E-state index in [1.807, 2.05) is 4.72 Å². The molecule has 0 aliphatic carbocycles. The van der Waals surface area contributed by atoms with Gasteiger partial charge in [-0.05, 0) is 18.2 Å². The summed E-state index contributed by atoms with van der Waals surface area (Å²) < 4.78 is 47.2. The van der Waals surface area contributed by atoms with Crippen LogP contribution in [0.1, 0.15) is 10.4 Å². The van der Waals surface area contributed by atoms with Crippen molar-refractivity contribution in [3.63, 3.8) is 0 Å². The average molecular weight is 343 g/mol. The number of halogens is 1. The number of benzene rings is 1. The van der Waals surface area contributed by atoms with Gasteiger partial charge >= 0.3 is 5.97 Å². The van der Waals surface area contributed by atoms with E-state index in [0.717, 1.165) is 18.2 Å². The first-order valence-corrected chi connectivity index (χ1v) is 8.63. The maximum atomic E-state index is 11.9. The van der Waals surface area contributed by atoms with Crippen LogP contribution in [0.25, 0.3) is 0 Å². The molecule has 1 aromatic carbocycles. The molecule has 0 atom stereocenters. The second kappa shape index (κ2) is 6.06. The van der Waals surface area contributed by atoms with E-state index in [0.29, 0.717) is 0 Å². The average Bonchev–Trinajstić information content (AvgIpc) is 2.26. The van der Waals surface area contributed by atoms with Gasteiger partial charge in [0.25, 0.3) is 0 Å². The predicted octanol–water partition coefficient (Wildman–Crippen LogP) is -0.395. The Labute approximate surface area is 120 Å². The molecule has 0 saturated heterocycles. The zero-order chi connectivity index (χ0) is 15.6. The second-order valence-electron chi connectivity index (χ2n) is 3.72. The van der Waals surface area contributed by atoms with E-state index in [1.165, 1.54) is 0 Å². The summed E-state index contributed by atoms with van der Waals surface area (Å²) in [4.78, 5) is 10.3. The highest BCUT2D eigenvalue weighted by Gasteiger charge is 2.20. The van der Waals surface area contributed by atoms with Crippen LogP contribution in [-0.2, 0) is 20.0 Å². The summed E-state index contributed by atoms with van der Waals surface area (Å²) in [5.41, 5.74) is -0.263. The molecule has 0 spiro atoms. The third-order valence-corrected chi connectivity index (χ3v) is 4.86. The minimum atomic E-state index is -4.13. The van der Waals surface area contributed by atoms with Crippen LogP contribution in [0.2, 0.25) is 5.02 Å². The Hall–Kier alpha value is -1.20. The van der Waals surface area contributed by atoms with Gasteiger partial charge in [-0.1, -0.05) is 11.6 Å². The lowest BCUT2D eigenvalue weighted by Gasteiger charge is -2.08. The number of primary sulfonamides is 1. The number of carboxylic acids is 1. The summed E-state index contributed by atoms with van der Waals surface area (Å²) in [7, 11) is -7.95. The Kier molecular flexibility index (Phi) is 5.10. The standard InChI is InChI=1S/C9H11ClN2O6S2/c10-7-2-1-6(9(13)14)5-8(7)20(17,18)12-3-4-19(11,15)16/h1-2,5,12H,3-4H2,(H,13,14)(H2,11,15,16). The van der Waals surface area contributed by atoms with E-state index in [4.69, 9.17) is 21.8 Å².